The van der Waals surface area contributed by atoms with Crippen molar-refractivity contribution in [2.24, 2.45) is 7.05 Å². The molecule has 1 saturated carbocycles. The number of carboxylic acid groups (broad SMARTS) is 1. The van der Waals surface area contributed by atoms with Crippen molar-refractivity contribution in [1.82, 2.24) is 24.9 Å². The number of aromatic nitrogens is 4. The van der Waals surface area contributed by atoms with Crippen LogP contribution in [0.25, 0.3) is 0 Å². The molecule has 9 nitrogen and oxygen atoms in total. The fourth-order valence-corrected chi connectivity index (χ4v) is 3.92. The lowest BCUT2D eigenvalue weighted by molar-refractivity contribution is -0.115. The second kappa shape index (κ2) is 8.62. The number of rotatable bonds is 7. The SMILES string of the molecule is CC(F)C(C)N(C(=O)O)[C@@H]1CC[C@H](c2cc(NC(=O)Cc3cnn(C)c3)n[nH]2)C1. The van der Waals surface area contributed by atoms with Crippen molar-refractivity contribution in [2.45, 2.75) is 63.7 Å². The summed E-state index contributed by atoms with van der Waals surface area (Å²) in [7, 11) is 1.79. The Kier molecular flexibility index (Phi) is 6.19. The Balaban J connectivity index is 1.59. The van der Waals surface area contributed by atoms with E-state index >= 15 is 0 Å². The summed E-state index contributed by atoms with van der Waals surface area (Å²) in [5.74, 6) is 0.321. The highest BCUT2D eigenvalue weighted by Gasteiger charge is 2.37. The van der Waals surface area contributed by atoms with E-state index < -0.39 is 18.3 Å². The number of carbonyl (C=O) groups excluding carboxylic acids is 1. The number of aryl methyl sites for hydroxylation is 1. The molecule has 2 aromatic heterocycles. The number of alkyl halides is 1. The van der Waals surface area contributed by atoms with Gasteiger partial charge in [-0.15, -0.1) is 0 Å². The summed E-state index contributed by atoms with van der Waals surface area (Å²) in [4.78, 5) is 25.0. The first-order chi connectivity index (χ1) is 13.7. The van der Waals surface area contributed by atoms with E-state index in [1.165, 1.54) is 11.8 Å². The molecular weight excluding hydrogens is 379 g/mol. The lowest BCUT2D eigenvalue weighted by Gasteiger charge is -2.33. The summed E-state index contributed by atoms with van der Waals surface area (Å²) in [6, 6.07) is 0.846. The molecule has 1 aliphatic carbocycles. The van der Waals surface area contributed by atoms with E-state index in [9.17, 15) is 19.1 Å². The van der Waals surface area contributed by atoms with Crippen LogP contribution < -0.4 is 5.32 Å². The third-order valence-electron chi connectivity index (χ3n) is 5.55. The Hall–Kier alpha value is -2.91. The summed E-state index contributed by atoms with van der Waals surface area (Å²) in [6.07, 6.45) is 3.31. The highest BCUT2D eigenvalue weighted by Crippen LogP contribution is 2.37. The number of carbonyl (C=O) groups is 2. The van der Waals surface area contributed by atoms with Crippen LogP contribution in [-0.2, 0) is 18.3 Å². The first kappa shape index (κ1) is 20.8. The highest BCUT2D eigenvalue weighted by molar-refractivity contribution is 5.91. The predicted octanol–water partition coefficient (Wildman–Crippen LogP) is 2.69. The summed E-state index contributed by atoms with van der Waals surface area (Å²) >= 11 is 0. The number of nitrogens with zero attached hydrogens (tertiary/aromatic N) is 4. The normalized spacial score (nSPS) is 21.0. The van der Waals surface area contributed by atoms with Crippen LogP contribution >= 0.6 is 0 Å². The number of hydrogen-bond acceptors (Lipinski definition) is 4. The summed E-state index contributed by atoms with van der Waals surface area (Å²) < 4.78 is 15.3. The number of aromatic amines is 1. The third kappa shape index (κ3) is 4.93. The molecule has 158 valence electrons. The summed E-state index contributed by atoms with van der Waals surface area (Å²) in [5.41, 5.74) is 1.65. The Labute approximate surface area is 168 Å². The minimum absolute atomic E-state index is 0.0837. The van der Waals surface area contributed by atoms with Crippen molar-refractivity contribution in [3.8, 4) is 0 Å². The summed E-state index contributed by atoms with van der Waals surface area (Å²) in [5, 5.41) is 23.4. The molecule has 0 spiro atoms. The second-order valence-electron chi connectivity index (χ2n) is 7.73. The van der Waals surface area contributed by atoms with Gasteiger partial charge in [0.2, 0.25) is 5.91 Å². The molecule has 1 fully saturated rings. The first-order valence-corrected chi connectivity index (χ1v) is 9.72. The molecule has 2 unspecified atom stereocenters. The van der Waals surface area contributed by atoms with Crippen molar-refractivity contribution < 1.29 is 19.1 Å². The maximum Gasteiger partial charge on any atom is 0.407 e. The molecule has 2 amide bonds. The molecule has 2 heterocycles. The zero-order valence-electron chi connectivity index (χ0n) is 16.8. The Morgan fingerprint density at radius 1 is 1.45 bits per heavy atom. The highest BCUT2D eigenvalue weighted by atomic mass is 19.1. The molecule has 4 atom stereocenters. The number of anilines is 1. The molecule has 3 N–H and O–H groups in total. The Morgan fingerprint density at radius 3 is 2.83 bits per heavy atom. The number of nitrogens with one attached hydrogen (secondary N) is 2. The maximum atomic E-state index is 13.7. The van der Waals surface area contributed by atoms with Crippen LogP contribution in [0.3, 0.4) is 0 Å². The van der Waals surface area contributed by atoms with Gasteiger partial charge < -0.3 is 10.4 Å². The van der Waals surface area contributed by atoms with Gasteiger partial charge >= 0.3 is 6.09 Å². The van der Waals surface area contributed by atoms with Crippen molar-refractivity contribution in [3.05, 3.63) is 29.7 Å². The molecule has 2 aromatic rings. The Morgan fingerprint density at radius 2 is 2.21 bits per heavy atom. The van der Waals surface area contributed by atoms with E-state index in [0.29, 0.717) is 18.7 Å². The monoisotopic (exact) mass is 406 g/mol. The molecule has 0 aliphatic heterocycles. The van der Waals surface area contributed by atoms with Gasteiger partial charge in [-0.2, -0.15) is 10.2 Å². The topological polar surface area (TPSA) is 116 Å². The minimum Gasteiger partial charge on any atom is -0.465 e. The second-order valence-corrected chi connectivity index (χ2v) is 7.73. The fraction of sp³-hybridized carbons (Fsp3) is 0.579. The van der Waals surface area contributed by atoms with E-state index in [4.69, 9.17) is 0 Å². The quantitative estimate of drug-likeness (QED) is 0.654. The standard InChI is InChI=1S/C19H27FN6O3/c1-11(20)12(2)26(19(28)29)15-5-4-14(7-15)16-8-17(24-23-16)22-18(27)6-13-9-21-25(3)10-13/h8-12,14-15H,4-7H2,1-3H3,(H,28,29)(H2,22,23,24,27)/t11?,12?,14-,15+/m0/s1. The van der Waals surface area contributed by atoms with Gasteiger partial charge in [-0.3, -0.25) is 19.5 Å². The van der Waals surface area contributed by atoms with Crippen molar-refractivity contribution in [3.63, 3.8) is 0 Å². The average molecular weight is 406 g/mol. The van der Waals surface area contributed by atoms with Gasteiger partial charge in [0.1, 0.15) is 6.17 Å². The number of H-pyrrole nitrogens is 1. The van der Waals surface area contributed by atoms with Gasteiger partial charge in [-0.05, 0) is 38.7 Å². The molecule has 1 aliphatic rings. The number of amides is 2. The fourth-order valence-electron chi connectivity index (χ4n) is 3.92. The van der Waals surface area contributed by atoms with Crippen LogP contribution in [0.2, 0.25) is 0 Å². The van der Waals surface area contributed by atoms with Gasteiger partial charge in [0, 0.05) is 37.0 Å². The van der Waals surface area contributed by atoms with Gasteiger partial charge in [-0.25, -0.2) is 9.18 Å². The zero-order valence-corrected chi connectivity index (χ0v) is 16.8. The van der Waals surface area contributed by atoms with E-state index in [-0.39, 0.29) is 24.3 Å². The average Bonchev–Trinajstić information content (AvgIpc) is 3.36. The Bertz CT molecular complexity index is 864. The van der Waals surface area contributed by atoms with Crippen molar-refractivity contribution >= 4 is 17.8 Å². The van der Waals surface area contributed by atoms with Crippen LogP contribution in [0.15, 0.2) is 18.5 Å². The molecular formula is C19H27FN6O3. The van der Waals surface area contributed by atoms with Crippen LogP contribution in [0.4, 0.5) is 15.0 Å². The van der Waals surface area contributed by atoms with Crippen LogP contribution in [-0.4, -0.2) is 60.2 Å². The number of halogens is 1. The first-order valence-electron chi connectivity index (χ1n) is 9.72. The predicted molar refractivity (Wildman–Crippen MR) is 104 cm³/mol. The van der Waals surface area contributed by atoms with Gasteiger partial charge in [0.25, 0.3) is 0 Å². The van der Waals surface area contributed by atoms with Crippen LogP contribution in [0, 0.1) is 0 Å². The molecule has 10 heteroatoms. The maximum absolute atomic E-state index is 13.7. The molecule has 0 radical (unpaired) electrons. The molecule has 0 aromatic carbocycles. The lowest BCUT2D eigenvalue weighted by atomic mass is 10.0. The van der Waals surface area contributed by atoms with Crippen molar-refractivity contribution in [2.75, 3.05) is 5.32 Å². The third-order valence-corrected chi connectivity index (χ3v) is 5.55. The van der Waals surface area contributed by atoms with E-state index in [2.05, 4.69) is 20.6 Å². The summed E-state index contributed by atoms with van der Waals surface area (Å²) in [6.45, 7) is 2.97. The lowest BCUT2D eigenvalue weighted by Crippen LogP contribution is -2.47. The van der Waals surface area contributed by atoms with E-state index in [1.54, 1.807) is 37.1 Å². The van der Waals surface area contributed by atoms with E-state index in [1.807, 2.05) is 0 Å². The molecule has 0 bridgehead atoms. The minimum atomic E-state index is -1.24. The van der Waals surface area contributed by atoms with E-state index in [0.717, 1.165) is 17.7 Å². The van der Waals surface area contributed by atoms with Crippen LogP contribution in [0.5, 0.6) is 0 Å². The van der Waals surface area contributed by atoms with Crippen LogP contribution in [0.1, 0.15) is 50.3 Å². The van der Waals surface area contributed by atoms with Gasteiger partial charge in [0.15, 0.2) is 5.82 Å². The molecule has 29 heavy (non-hydrogen) atoms. The number of hydrogen-bond donors (Lipinski definition) is 3. The van der Waals surface area contributed by atoms with Gasteiger partial charge in [-0.1, -0.05) is 0 Å². The van der Waals surface area contributed by atoms with Gasteiger partial charge in [0.05, 0.1) is 18.7 Å². The molecule has 3 rings (SSSR count). The smallest absolute Gasteiger partial charge is 0.407 e. The van der Waals surface area contributed by atoms with Crippen molar-refractivity contribution in [1.29, 1.82) is 0 Å². The zero-order chi connectivity index (χ0) is 21.1. The molecule has 0 saturated heterocycles. The largest absolute Gasteiger partial charge is 0.465 e.